The second-order valence-electron chi connectivity index (χ2n) is 7.17. The summed E-state index contributed by atoms with van der Waals surface area (Å²) in [6, 6.07) is 4.02. The van der Waals surface area contributed by atoms with Gasteiger partial charge in [0.2, 0.25) is 5.88 Å². The molecule has 3 aliphatic heterocycles. The Kier molecular flexibility index (Phi) is 3.08. The second kappa shape index (κ2) is 5.27. The van der Waals surface area contributed by atoms with Crippen molar-refractivity contribution in [3.05, 3.63) is 37.1 Å². The molecule has 5 nitrogen and oxygen atoms in total. The maximum absolute atomic E-state index is 6.31. The molecular weight excluding hydrogens is 288 g/mol. The monoisotopic (exact) mass is 308 g/mol. The first-order chi connectivity index (χ1) is 11.3. The summed E-state index contributed by atoms with van der Waals surface area (Å²) >= 11 is 0. The molecular formula is C18H20N4O. The molecule has 0 radical (unpaired) electrons. The molecule has 4 aliphatic rings. The number of piperidine rings is 3. The fourth-order valence-electron chi connectivity index (χ4n) is 4.76. The molecule has 3 saturated heterocycles. The van der Waals surface area contributed by atoms with Gasteiger partial charge in [0.05, 0.1) is 0 Å². The van der Waals surface area contributed by atoms with Gasteiger partial charge in [-0.2, -0.15) is 0 Å². The topological polar surface area (TPSA) is 51.1 Å². The van der Waals surface area contributed by atoms with Gasteiger partial charge in [-0.15, -0.1) is 0 Å². The molecule has 0 amide bonds. The number of pyridine rings is 1. The number of ether oxygens (including phenoxy) is 1. The largest absolute Gasteiger partial charge is 0.474 e. The number of nitrogens with zero attached hydrogens (tertiary/aromatic N) is 4. The molecule has 2 aromatic rings. The number of hydrogen-bond acceptors (Lipinski definition) is 5. The molecule has 1 saturated carbocycles. The molecule has 6 rings (SSSR count). The minimum absolute atomic E-state index is 0.348. The SMILES string of the molecule is c1ncc(-c2ccc(OC3[C@H]4CC5C[C@H]3CN(C5)C4)nc2)cn1. The Morgan fingerprint density at radius 2 is 1.70 bits per heavy atom. The molecule has 0 aromatic carbocycles. The normalized spacial score (nSPS) is 34.5. The smallest absolute Gasteiger partial charge is 0.213 e. The van der Waals surface area contributed by atoms with Crippen LogP contribution in [0, 0.1) is 17.8 Å². The average Bonchev–Trinajstić information content (AvgIpc) is 2.59. The van der Waals surface area contributed by atoms with Crippen LogP contribution in [-0.2, 0) is 0 Å². The maximum atomic E-state index is 6.31. The lowest BCUT2D eigenvalue weighted by atomic mass is 9.66. The van der Waals surface area contributed by atoms with E-state index in [0.29, 0.717) is 17.9 Å². The van der Waals surface area contributed by atoms with Gasteiger partial charge >= 0.3 is 0 Å². The Balaban J connectivity index is 1.33. The van der Waals surface area contributed by atoms with Crippen LogP contribution in [0.2, 0.25) is 0 Å². The van der Waals surface area contributed by atoms with Crippen LogP contribution < -0.4 is 4.74 Å². The third kappa shape index (κ3) is 2.39. The fraction of sp³-hybridized carbons (Fsp3) is 0.500. The van der Waals surface area contributed by atoms with Crippen LogP contribution in [0.5, 0.6) is 5.88 Å². The molecule has 23 heavy (non-hydrogen) atoms. The summed E-state index contributed by atoms with van der Waals surface area (Å²) < 4.78 is 6.31. The zero-order valence-corrected chi connectivity index (χ0v) is 13.0. The van der Waals surface area contributed by atoms with Crippen molar-refractivity contribution in [3.8, 4) is 17.0 Å². The quantitative estimate of drug-likeness (QED) is 0.870. The summed E-state index contributed by atoms with van der Waals surface area (Å²) in [6.45, 7) is 3.72. The van der Waals surface area contributed by atoms with Crippen LogP contribution in [0.4, 0.5) is 0 Å². The van der Waals surface area contributed by atoms with Crippen molar-refractivity contribution in [2.75, 3.05) is 19.6 Å². The van der Waals surface area contributed by atoms with Crippen LogP contribution in [-0.4, -0.2) is 45.6 Å². The van der Waals surface area contributed by atoms with Crippen molar-refractivity contribution < 1.29 is 4.74 Å². The average molecular weight is 308 g/mol. The minimum atomic E-state index is 0.348. The van der Waals surface area contributed by atoms with Gasteiger partial charge in [-0.1, -0.05) is 0 Å². The highest BCUT2D eigenvalue weighted by Gasteiger charge is 2.48. The summed E-state index contributed by atoms with van der Waals surface area (Å²) in [7, 11) is 0. The van der Waals surface area contributed by atoms with Gasteiger partial charge in [0, 0.05) is 67.3 Å². The van der Waals surface area contributed by atoms with Gasteiger partial charge in [0.25, 0.3) is 0 Å². The predicted octanol–water partition coefficient (Wildman–Crippen LogP) is 2.26. The van der Waals surface area contributed by atoms with Crippen molar-refractivity contribution in [3.63, 3.8) is 0 Å². The molecule has 4 fully saturated rings. The van der Waals surface area contributed by atoms with Crippen LogP contribution >= 0.6 is 0 Å². The number of aromatic nitrogens is 3. The first-order valence-electron chi connectivity index (χ1n) is 8.45. The van der Waals surface area contributed by atoms with Crippen molar-refractivity contribution in [1.29, 1.82) is 0 Å². The van der Waals surface area contributed by atoms with Crippen molar-refractivity contribution in [1.82, 2.24) is 19.9 Å². The Labute approximate surface area is 135 Å². The molecule has 2 aromatic heterocycles. The molecule has 2 atom stereocenters. The summed E-state index contributed by atoms with van der Waals surface area (Å²) in [5, 5.41) is 0. The first kappa shape index (κ1) is 13.4. The van der Waals surface area contributed by atoms with E-state index in [1.807, 2.05) is 18.3 Å². The zero-order chi connectivity index (χ0) is 15.2. The lowest BCUT2D eigenvalue weighted by molar-refractivity contribution is -0.0997. The van der Waals surface area contributed by atoms with Gasteiger partial charge in [0.15, 0.2) is 0 Å². The van der Waals surface area contributed by atoms with E-state index in [9.17, 15) is 0 Å². The van der Waals surface area contributed by atoms with Crippen LogP contribution in [0.25, 0.3) is 11.1 Å². The van der Waals surface area contributed by atoms with Gasteiger partial charge < -0.3 is 9.64 Å². The highest BCUT2D eigenvalue weighted by Crippen LogP contribution is 2.44. The molecule has 0 unspecified atom stereocenters. The Morgan fingerprint density at radius 1 is 0.913 bits per heavy atom. The van der Waals surface area contributed by atoms with E-state index in [4.69, 9.17) is 4.74 Å². The standard InChI is InChI=1S/C18H20N4O/c1-2-17(21-7-13(1)16-5-19-11-20-6-16)23-18-14-3-12-4-15(18)10-22(8-12)9-14/h1-2,5-7,11-12,14-15,18H,3-4,8-10H2/t12?,14-,15-,18?/m0/s1. The minimum Gasteiger partial charge on any atom is -0.474 e. The van der Waals surface area contributed by atoms with Crippen LogP contribution in [0.15, 0.2) is 37.1 Å². The van der Waals surface area contributed by atoms with E-state index < -0.39 is 0 Å². The predicted molar refractivity (Wildman–Crippen MR) is 85.8 cm³/mol. The highest BCUT2D eigenvalue weighted by atomic mass is 16.5. The molecule has 0 N–H and O–H groups in total. The Morgan fingerprint density at radius 3 is 2.35 bits per heavy atom. The van der Waals surface area contributed by atoms with E-state index >= 15 is 0 Å². The molecule has 5 heteroatoms. The lowest BCUT2D eigenvalue weighted by Gasteiger charge is -2.55. The van der Waals surface area contributed by atoms with Crippen LogP contribution in [0.1, 0.15) is 12.8 Å². The van der Waals surface area contributed by atoms with E-state index in [1.165, 1.54) is 38.8 Å². The Bertz CT molecular complexity index is 660. The fourth-order valence-corrected chi connectivity index (χ4v) is 4.76. The van der Waals surface area contributed by atoms with Crippen LogP contribution in [0.3, 0.4) is 0 Å². The third-order valence-corrected chi connectivity index (χ3v) is 5.59. The van der Waals surface area contributed by atoms with Gasteiger partial charge in [0.1, 0.15) is 12.4 Å². The summed E-state index contributed by atoms with van der Waals surface area (Å²) in [5.74, 6) is 3.02. The highest BCUT2D eigenvalue weighted by molar-refractivity contribution is 5.60. The summed E-state index contributed by atoms with van der Waals surface area (Å²) in [5.41, 5.74) is 2.00. The summed E-state index contributed by atoms with van der Waals surface area (Å²) in [4.78, 5) is 15.2. The number of hydrogen-bond donors (Lipinski definition) is 0. The summed E-state index contributed by atoms with van der Waals surface area (Å²) in [6.07, 6.45) is 10.0. The van der Waals surface area contributed by atoms with Gasteiger partial charge in [-0.3, -0.25) is 0 Å². The third-order valence-electron chi connectivity index (χ3n) is 5.59. The lowest BCUT2D eigenvalue weighted by Crippen LogP contribution is -2.61. The molecule has 4 bridgehead atoms. The number of rotatable bonds is 3. The van der Waals surface area contributed by atoms with E-state index in [1.54, 1.807) is 12.4 Å². The molecule has 0 spiro atoms. The van der Waals surface area contributed by atoms with E-state index in [-0.39, 0.29) is 0 Å². The molecule has 1 aliphatic carbocycles. The van der Waals surface area contributed by atoms with E-state index in [2.05, 4.69) is 19.9 Å². The van der Waals surface area contributed by atoms with Crippen molar-refractivity contribution in [2.45, 2.75) is 18.9 Å². The Hall–Kier alpha value is -2.01. The zero-order valence-electron chi connectivity index (χ0n) is 13.0. The first-order valence-corrected chi connectivity index (χ1v) is 8.45. The van der Waals surface area contributed by atoms with Gasteiger partial charge in [-0.05, 0) is 24.8 Å². The molecule has 118 valence electrons. The van der Waals surface area contributed by atoms with Gasteiger partial charge in [-0.25, -0.2) is 15.0 Å². The molecule has 5 heterocycles. The maximum Gasteiger partial charge on any atom is 0.213 e. The van der Waals surface area contributed by atoms with E-state index in [0.717, 1.165) is 22.9 Å². The second-order valence-corrected chi connectivity index (χ2v) is 7.17. The van der Waals surface area contributed by atoms with Crippen molar-refractivity contribution in [2.24, 2.45) is 17.8 Å². The van der Waals surface area contributed by atoms with Crippen molar-refractivity contribution >= 4 is 0 Å².